The van der Waals surface area contributed by atoms with E-state index in [9.17, 15) is 0 Å². The Hall–Kier alpha value is -1.73. The molecule has 0 fully saturated rings. The van der Waals surface area contributed by atoms with Gasteiger partial charge < -0.3 is 0 Å². The fraction of sp³-hybridized carbons (Fsp3) is 0.111. The molecule has 19 heavy (non-hydrogen) atoms. The summed E-state index contributed by atoms with van der Waals surface area (Å²) in [5.74, 6) is 2.08. The van der Waals surface area contributed by atoms with Crippen LogP contribution >= 0.6 is 11.8 Å². The molecule has 0 unspecified atom stereocenters. The molecule has 0 saturated heterocycles. The SMILES string of the molecule is C=Cc1ccc(CSCc2ccc(C=C)cc2)cc1. The molecular formula is C18H18S. The summed E-state index contributed by atoms with van der Waals surface area (Å²) in [6.45, 7) is 7.53. The summed E-state index contributed by atoms with van der Waals surface area (Å²) in [5.41, 5.74) is 5.07. The van der Waals surface area contributed by atoms with Gasteiger partial charge in [0.25, 0.3) is 0 Å². The molecule has 0 aliphatic heterocycles. The van der Waals surface area contributed by atoms with Crippen LogP contribution in [-0.4, -0.2) is 0 Å². The molecule has 0 radical (unpaired) electrons. The van der Waals surface area contributed by atoms with Crippen LogP contribution in [0.3, 0.4) is 0 Å². The second-order valence-corrected chi connectivity index (χ2v) is 5.37. The van der Waals surface area contributed by atoms with E-state index in [1.54, 1.807) is 0 Å². The summed E-state index contributed by atoms with van der Waals surface area (Å²) >= 11 is 1.93. The number of rotatable bonds is 6. The predicted molar refractivity (Wildman–Crippen MR) is 88.1 cm³/mol. The number of thioether (sulfide) groups is 1. The van der Waals surface area contributed by atoms with Crippen molar-refractivity contribution in [2.45, 2.75) is 11.5 Å². The highest BCUT2D eigenvalue weighted by molar-refractivity contribution is 7.97. The Labute approximate surface area is 119 Å². The topological polar surface area (TPSA) is 0 Å². The van der Waals surface area contributed by atoms with Gasteiger partial charge in [-0.2, -0.15) is 11.8 Å². The average molecular weight is 266 g/mol. The Morgan fingerprint density at radius 1 is 0.684 bits per heavy atom. The van der Waals surface area contributed by atoms with E-state index in [0.717, 1.165) is 11.5 Å². The quantitative estimate of drug-likeness (QED) is 0.674. The lowest BCUT2D eigenvalue weighted by Gasteiger charge is -2.04. The number of hydrogen-bond donors (Lipinski definition) is 0. The van der Waals surface area contributed by atoms with Gasteiger partial charge in [0.15, 0.2) is 0 Å². The molecule has 0 amide bonds. The molecule has 2 aromatic carbocycles. The smallest absolute Gasteiger partial charge is 0.0187 e. The van der Waals surface area contributed by atoms with Crippen LogP contribution in [-0.2, 0) is 11.5 Å². The lowest BCUT2D eigenvalue weighted by atomic mass is 10.1. The molecule has 0 aromatic heterocycles. The minimum absolute atomic E-state index is 1.04. The molecule has 0 atom stereocenters. The highest BCUT2D eigenvalue weighted by Crippen LogP contribution is 2.19. The lowest BCUT2D eigenvalue weighted by molar-refractivity contribution is 1.36. The maximum absolute atomic E-state index is 3.76. The Morgan fingerprint density at radius 2 is 1.05 bits per heavy atom. The molecule has 0 N–H and O–H groups in total. The summed E-state index contributed by atoms with van der Waals surface area (Å²) < 4.78 is 0. The Morgan fingerprint density at radius 3 is 1.37 bits per heavy atom. The van der Waals surface area contributed by atoms with E-state index < -0.39 is 0 Å². The van der Waals surface area contributed by atoms with Gasteiger partial charge >= 0.3 is 0 Å². The van der Waals surface area contributed by atoms with Gasteiger partial charge in [-0.1, -0.05) is 73.8 Å². The van der Waals surface area contributed by atoms with Crippen molar-refractivity contribution < 1.29 is 0 Å². The van der Waals surface area contributed by atoms with Gasteiger partial charge in [-0.3, -0.25) is 0 Å². The van der Waals surface area contributed by atoms with E-state index in [0.29, 0.717) is 0 Å². The normalized spacial score (nSPS) is 10.1. The Kier molecular flexibility index (Phi) is 5.05. The maximum atomic E-state index is 3.76. The predicted octanol–water partition coefficient (Wildman–Crippen LogP) is 5.41. The number of hydrogen-bond acceptors (Lipinski definition) is 1. The van der Waals surface area contributed by atoms with Crippen molar-refractivity contribution in [1.29, 1.82) is 0 Å². The fourth-order valence-electron chi connectivity index (χ4n) is 1.79. The monoisotopic (exact) mass is 266 g/mol. The zero-order chi connectivity index (χ0) is 13.5. The largest absolute Gasteiger partial charge is 0.152 e. The first-order chi connectivity index (χ1) is 9.31. The molecule has 0 bridgehead atoms. The van der Waals surface area contributed by atoms with Crippen LogP contribution in [0.2, 0.25) is 0 Å². The molecular weight excluding hydrogens is 248 g/mol. The van der Waals surface area contributed by atoms with Crippen molar-refractivity contribution in [2.75, 3.05) is 0 Å². The van der Waals surface area contributed by atoms with Gasteiger partial charge in [0.05, 0.1) is 0 Å². The zero-order valence-electron chi connectivity index (χ0n) is 11.0. The minimum Gasteiger partial charge on any atom is -0.152 e. The third-order valence-electron chi connectivity index (χ3n) is 2.97. The first kappa shape index (κ1) is 13.7. The van der Waals surface area contributed by atoms with Crippen LogP contribution in [0.5, 0.6) is 0 Å². The molecule has 2 rings (SSSR count). The second kappa shape index (κ2) is 7.01. The first-order valence-corrected chi connectivity index (χ1v) is 7.48. The van der Waals surface area contributed by atoms with E-state index in [4.69, 9.17) is 0 Å². The highest BCUT2D eigenvalue weighted by Gasteiger charge is 1.96. The van der Waals surface area contributed by atoms with Gasteiger partial charge in [-0.15, -0.1) is 0 Å². The summed E-state index contributed by atoms with van der Waals surface area (Å²) in [6, 6.07) is 17.1. The molecule has 0 aliphatic rings. The van der Waals surface area contributed by atoms with Crippen molar-refractivity contribution in [3.8, 4) is 0 Å². The summed E-state index contributed by atoms with van der Waals surface area (Å²) in [5, 5.41) is 0. The van der Waals surface area contributed by atoms with E-state index in [1.165, 1.54) is 22.3 Å². The van der Waals surface area contributed by atoms with Crippen LogP contribution < -0.4 is 0 Å². The van der Waals surface area contributed by atoms with Crippen molar-refractivity contribution >= 4 is 23.9 Å². The van der Waals surface area contributed by atoms with E-state index in [1.807, 2.05) is 23.9 Å². The zero-order valence-corrected chi connectivity index (χ0v) is 11.8. The average Bonchev–Trinajstić information content (AvgIpc) is 2.49. The lowest BCUT2D eigenvalue weighted by Crippen LogP contribution is -1.84. The molecule has 0 heterocycles. The summed E-state index contributed by atoms with van der Waals surface area (Å²) in [4.78, 5) is 0. The van der Waals surface area contributed by atoms with E-state index in [2.05, 4.69) is 61.7 Å². The second-order valence-electron chi connectivity index (χ2n) is 4.38. The van der Waals surface area contributed by atoms with Gasteiger partial charge in [0, 0.05) is 11.5 Å². The van der Waals surface area contributed by atoms with Gasteiger partial charge in [0.1, 0.15) is 0 Å². The Bertz CT molecular complexity index is 483. The molecule has 0 spiro atoms. The highest BCUT2D eigenvalue weighted by atomic mass is 32.2. The van der Waals surface area contributed by atoms with Crippen LogP contribution in [0.1, 0.15) is 22.3 Å². The van der Waals surface area contributed by atoms with Gasteiger partial charge in [-0.25, -0.2) is 0 Å². The Balaban J connectivity index is 1.84. The maximum Gasteiger partial charge on any atom is 0.0187 e. The third-order valence-corrected chi connectivity index (χ3v) is 4.04. The molecule has 1 heteroatoms. The third kappa shape index (κ3) is 4.15. The van der Waals surface area contributed by atoms with Crippen LogP contribution in [0.4, 0.5) is 0 Å². The van der Waals surface area contributed by atoms with Gasteiger partial charge in [0.2, 0.25) is 0 Å². The van der Waals surface area contributed by atoms with E-state index in [-0.39, 0.29) is 0 Å². The number of benzene rings is 2. The first-order valence-electron chi connectivity index (χ1n) is 6.32. The molecule has 0 aliphatic carbocycles. The fourth-order valence-corrected chi connectivity index (χ4v) is 2.74. The summed E-state index contributed by atoms with van der Waals surface area (Å²) in [7, 11) is 0. The van der Waals surface area contributed by atoms with Crippen LogP contribution in [0.15, 0.2) is 61.7 Å². The molecule has 0 nitrogen and oxygen atoms in total. The van der Waals surface area contributed by atoms with Crippen molar-refractivity contribution in [3.63, 3.8) is 0 Å². The molecule has 96 valence electrons. The van der Waals surface area contributed by atoms with Gasteiger partial charge in [-0.05, 0) is 22.3 Å². The van der Waals surface area contributed by atoms with Crippen LogP contribution in [0.25, 0.3) is 12.2 Å². The van der Waals surface area contributed by atoms with Crippen molar-refractivity contribution in [1.82, 2.24) is 0 Å². The standard InChI is InChI=1S/C18H18S/c1-3-15-5-9-17(10-6-15)13-19-14-18-11-7-16(4-2)8-12-18/h3-12H,1-2,13-14H2. The van der Waals surface area contributed by atoms with Crippen molar-refractivity contribution in [2.24, 2.45) is 0 Å². The molecule has 2 aromatic rings. The summed E-state index contributed by atoms with van der Waals surface area (Å²) in [6.07, 6.45) is 3.75. The van der Waals surface area contributed by atoms with Crippen LogP contribution in [0, 0.1) is 0 Å². The molecule has 0 saturated carbocycles. The van der Waals surface area contributed by atoms with E-state index >= 15 is 0 Å². The van der Waals surface area contributed by atoms with Crippen molar-refractivity contribution in [3.05, 3.63) is 83.9 Å². The minimum atomic E-state index is 1.04.